The molecule has 3 nitrogen and oxygen atoms in total. The molecule has 5 aliphatic rings. The Morgan fingerprint density at radius 3 is 2.44 bits per heavy atom. The van der Waals surface area contributed by atoms with Crippen molar-refractivity contribution < 1.29 is 4.42 Å². The number of nitrogens with zero attached hydrogens (tertiary/aromatic N) is 2. The third-order valence-electron chi connectivity index (χ3n) is 14.7. The number of thiophene rings is 1. The zero-order chi connectivity index (χ0) is 36.5. The van der Waals surface area contributed by atoms with E-state index >= 15 is 0 Å². The molecule has 2 atom stereocenters. The van der Waals surface area contributed by atoms with Crippen LogP contribution < -0.4 is 25.5 Å². The lowest BCUT2D eigenvalue weighted by atomic mass is 9.35. The predicted molar refractivity (Wildman–Crippen MR) is 231 cm³/mol. The average Bonchev–Trinajstić information content (AvgIpc) is 3.79. The van der Waals surface area contributed by atoms with Crippen LogP contribution >= 0.6 is 11.3 Å². The summed E-state index contributed by atoms with van der Waals surface area (Å²) in [6, 6.07) is 30.5. The fourth-order valence-corrected chi connectivity index (χ4v) is 13.2. The van der Waals surface area contributed by atoms with Gasteiger partial charge in [-0.15, -0.1) is 11.3 Å². The fourth-order valence-electron chi connectivity index (χ4n) is 11.9. The summed E-state index contributed by atoms with van der Waals surface area (Å²) in [4.78, 5) is 5.64. The molecule has 268 valence electrons. The number of aryl methyl sites for hydroxylation is 2. The van der Waals surface area contributed by atoms with Gasteiger partial charge in [-0.2, -0.15) is 0 Å². The number of fused-ring (bicyclic) bond motifs is 14. The van der Waals surface area contributed by atoms with Gasteiger partial charge >= 0.3 is 0 Å². The van der Waals surface area contributed by atoms with Crippen molar-refractivity contribution in [2.75, 3.05) is 9.80 Å². The van der Waals surface area contributed by atoms with Gasteiger partial charge in [-0.05, 0) is 121 Å². The average molecular weight is 723 g/mol. The van der Waals surface area contributed by atoms with Crippen molar-refractivity contribution in [3.63, 3.8) is 0 Å². The molecule has 0 spiro atoms. The van der Waals surface area contributed by atoms with E-state index in [1.54, 1.807) is 28.1 Å². The number of hydrogen-bond acceptors (Lipinski definition) is 4. The van der Waals surface area contributed by atoms with Crippen LogP contribution in [0, 0.1) is 6.92 Å². The third-order valence-corrected chi connectivity index (χ3v) is 16.0. The summed E-state index contributed by atoms with van der Waals surface area (Å²) >= 11 is 2.03. The first kappa shape index (κ1) is 31.8. The maximum absolute atomic E-state index is 6.92. The molecule has 2 aliphatic carbocycles. The Labute approximate surface area is 323 Å². The Bertz CT molecular complexity index is 2800. The topological polar surface area (TPSA) is 19.6 Å². The first-order chi connectivity index (χ1) is 26.1. The van der Waals surface area contributed by atoms with Gasteiger partial charge in [-0.3, -0.25) is 0 Å². The lowest BCUT2D eigenvalue weighted by Crippen LogP contribution is -2.64. The number of anilines is 5. The molecule has 0 amide bonds. The van der Waals surface area contributed by atoms with Gasteiger partial charge in [0.05, 0.1) is 16.9 Å². The normalized spacial score (nSPS) is 22.4. The first-order valence-electron chi connectivity index (χ1n) is 20.5. The summed E-state index contributed by atoms with van der Waals surface area (Å²) in [7, 11) is 0. The largest absolute Gasteiger partial charge is 0.454 e. The highest BCUT2D eigenvalue weighted by Gasteiger charge is 2.62. The second kappa shape index (κ2) is 10.4. The van der Waals surface area contributed by atoms with Gasteiger partial charge < -0.3 is 14.2 Å². The van der Waals surface area contributed by atoms with Crippen LogP contribution in [0.1, 0.15) is 101 Å². The monoisotopic (exact) mass is 722 g/mol. The van der Waals surface area contributed by atoms with Crippen LogP contribution in [0.3, 0.4) is 0 Å². The molecule has 0 radical (unpaired) electrons. The molecule has 5 aromatic carbocycles. The molecule has 2 aromatic heterocycles. The number of furan rings is 1. The quantitative estimate of drug-likeness (QED) is 0.157. The fraction of sp³-hybridized carbons (Fsp3) is 0.347. The lowest BCUT2D eigenvalue weighted by molar-refractivity contribution is 0.195. The summed E-state index contributed by atoms with van der Waals surface area (Å²) in [5.74, 6) is 0. The summed E-state index contributed by atoms with van der Waals surface area (Å²) in [6.45, 7) is 14.8. The zero-order valence-corrected chi connectivity index (χ0v) is 33.3. The molecule has 3 aliphatic heterocycles. The Hall–Kier alpha value is -4.48. The van der Waals surface area contributed by atoms with Gasteiger partial charge in [-0.25, -0.2) is 0 Å². The van der Waals surface area contributed by atoms with Gasteiger partial charge in [0.25, 0.3) is 6.71 Å². The highest BCUT2D eigenvalue weighted by atomic mass is 32.1. The van der Waals surface area contributed by atoms with E-state index in [2.05, 4.69) is 130 Å². The number of rotatable bonds is 1. The maximum atomic E-state index is 6.92. The third kappa shape index (κ3) is 3.80. The summed E-state index contributed by atoms with van der Waals surface area (Å²) in [6.07, 6.45) is 9.91. The first-order valence-corrected chi connectivity index (χ1v) is 21.3. The van der Waals surface area contributed by atoms with E-state index in [0.717, 1.165) is 29.7 Å². The van der Waals surface area contributed by atoms with Gasteiger partial charge in [0.2, 0.25) is 0 Å². The van der Waals surface area contributed by atoms with E-state index in [0.29, 0.717) is 0 Å². The lowest BCUT2D eigenvalue weighted by Gasteiger charge is -2.53. The van der Waals surface area contributed by atoms with Crippen LogP contribution in [0.4, 0.5) is 28.4 Å². The Morgan fingerprint density at radius 1 is 0.759 bits per heavy atom. The van der Waals surface area contributed by atoms with Crippen molar-refractivity contribution >= 4 is 94.2 Å². The number of hydrogen-bond donors (Lipinski definition) is 0. The standard InChI is InChI=1S/C49H47BN2OS/c1-28-24-35-44-36(25-28)50-41-38(26-29-14-7-8-15-31(29)42(41)52(44)49(6)23-12-11-22-48(35,49)5)51(37-18-13-17-33-32-16-9-10-19-39(32)53-45(33)37)43-34-27-30(47(2,3)4)20-21-40(34)54-46(43)50/h9-10,13,16-21,24-27H,7-8,11-12,14-15,22-23H2,1-6H3. The van der Waals surface area contributed by atoms with Crippen LogP contribution in [-0.2, 0) is 23.7 Å². The SMILES string of the molecule is Cc1cc2c3c(c1)C1(C)CCCCC1(C)N3c1c3c(cc4c1B2c1sc2ccc(C(C)(C)C)cc2c1N4c1cccc2c1oc1ccccc12)CCCC3. The van der Waals surface area contributed by atoms with Crippen molar-refractivity contribution in [2.45, 2.75) is 109 Å². The van der Waals surface area contributed by atoms with Gasteiger partial charge in [0.1, 0.15) is 5.58 Å². The number of para-hydroxylation sites is 2. The Morgan fingerprint density at radius 2 is 1.57 bits per heavy atom. The van der Waals surface area contributed by atoms with Gasteiger partial charge in [-0.1, -0.05) is 94.6 Å². The minimum Gasteiger partial charge on any atom is -0.454 e. The minimum absolute atomic E-state index is 0.0209. The minimum atomic E-state index is 0.0209. The van der Waals surface area contributed by atoms with Crippen molar-refractivity contribution in [2.24, 2.45) is 0 Å². The second-order valence-corrected chi connectivity index (χ2v) is 19.8. The molecular weight excluding hydrogens is 675 g/mol. The van der Waals surface area contributed by atoms with E-state index < -0.39 is 0 Å². The van der Waals surface area contributed by atoms with E-state index in [9.17, 15) is 0 Å². The highest BCUT2D eigenvalue weighted by molar-refractivity contribution is 7.33. The van der Waals surface area contributed by atoms with E-state index in [4.69, 9.17) is 4.42 Å². The summed E-state index contributed by atoms with van der Waals surface area (Å²) < 4.78 is 9.76. The van der Waals surface area contributed by atoms with Crippen molar-refractivity contribution in [3.8, 4) is 0 Å². The molecule has 0 saturated heterocycles. The van der Waals surface area contributed by atoms with Crippen molar-refractivity contribution in [3.05, 3.63) is 107 Å². The molecule has 0 N–H and O–H groups in total. The summed E-state index contributed by atoms with van der Waals surface area (Å²) in [5.41, 5.74) is 19.7. The predicted octanol–water partition coefficient (Wildman–Crippen LogP) is 11.6. The van der Waals surface area contributed by atoms with Crippen LogP contribution in [0.15, 0.2) is 83.3 Å². The maximum Gasteiger partial charge on any atom is 0.264 e. The summed E-state index contributed by atoms with van der Waals surface area (Å²) in [5, 5.41) is 3.73. The van der Waals surface area contributed by atoms with Crippen LogP contribution in [-0.4, -0.2) is 12.3 Å². The van der Waals surface area contributed by atoms with E-state index in [-0.39, 0.29) is 23.1 Å². The smallest absolute Gasteiger partial charge is 0.264 e. The van der Waals surface area contributed by atoms with Crippen molar-refractivity contribution in [1.82, 2.24) is 0 Å². The van der Waals surface area contributed by atoms with Gasteiger partial charge in [0.15, 0.2) is 5.58 Å². The molecule has 54 heavy (non-hydrogen) atoms. The Kier molecular flexibility index (Phi) is 6.15. The second-order valence-electron chi connectivity index (χ2n) is 18.7. The van der Waals surface area contributed by atoms with Crippen molar-refractivity contribution in [1.29, 1.82) is 0 Å². The highest BCUT2D eigenvalue weighted by Crippen LogP contribution is 2.63. The van der Waals surface area contributed by atoms with E-state index in [1.165, 1.54) is 97.6 Å². The molecule has 1 saturated carbocycles. The zero-order valence-electron chi connectivity index (χ0n) is 32.5. The molecule has 5 heteroatoms. The van der Waals surface area contributed by atoms with Gasteiger partial charge in [0, 0.05) is 48.1 Å². The molecule has 2 unspecified atom stereocenters. The van der Waals surface area contributed by atoms with Crippen LogP contribution in [0.2, 0.25) is 0 Å². The molecule has 12 rings (SSSR count). The molecule has 0 bridgehead atoms. The van der Waals surface area contributed by atoms with Crippen LogP contribution in [0.25, 0.3) is 32.0 Å². The molecule has 7 aromatic rings. The Balaban J connectivity index is 1.27. The molecule has 5 heterocycles. The number of benzene rings is 5. The van der Waals surface area contributed by atoms with E-state index in [1.807, 2.05) is 11.3 Å². The molecule has 1 fully saturated rings. The molecular formula is C49H47BN2OS. The van der Waals surface area contributed by atoms with Crippen LogP contribution in [0.5, 0.6) is 0 Å².